The van der Waals surface area contributed by atoms with Crippen LogP contribution >= 0.6 is 45.3 Å². The number of aryl methyl sites for hydroxylation is 8. The molecule has 0 aliphatic rings. The molecule has 0 saturated carbocycles. The van der Waals surface area contributed by atoms with Crippen molar-refractivity contribution in [1.82, 2.24) is 0 Å². The van der Waals surface area contributed by atoms with Gasteiger partial charge in [-0.2, -0.15) is 0 Å². The molecule has 0 fully saturated rings. The van der Waals surface area contributed by atoms with E-state index in [4.69, 9.17) is 0 Å². The molecule has 0 amide bonds. The van der Waals surface area contributed by atoms with Crippen LogP contribution < -0.4 is 9.80 Å². The predicted octanol–water partition coefficient (Wildman–Crippen LogP) is 19.7. The van der Waals surface area contributed by atoms with E-state index in [2.05, 4.69) is 232 Å². The number of hydrogen-bond acceptors (Lipinski definition) is 6. The van der Waals surface area contributed by atoms with Crippen LogP contribution in [-0.2, 0) is 0 Å². The molecule has 326 valence electrons. The van der Waals surface area contributed by atoms with E-state index in [-0.39, 0.29) is 0 Å². The maximum Gasteiger partial charge on any atom is 0.0464 e. The van der Waals surface area contributed by atoms with Gasteiger partial charge in [-0.1, -0.05) is 48.5 Å². The molecule has 4 heterocycles. The van der Waals surface area contributed by atoms with E-state index in [1.165, 1.54) is 97.4 Å². The minimum absolute atomic E-state index is 1.12. The summed E-state index contributed by atoms with van der Waals surface area (Å²) in [6, 6.07) is 54.7. The van der Waals surface area contributed by atoms with Crippen molar-refractivity contribution in [2.75, 3.05) is 9.80 Å². The molecule has 0 aliphatic heterocycles. The first kappa shape index (κ1) is 43.6. The normalized spacial score (nSPS) is 11.3. The quantitative estimate of drug-likeness (QED) is 0.128. The Morgan fingerprint density at radius 1 is 0.242 bits per heavy atom. The monoisotopic (exact) mass is 928 g/mol. The Balaban J connectivity index is 1.00. The molecule has 10 rings (SSSR count). The van der Waals surface area contributed by atoms with Crippen LogP contribution in [0.15, 0.2) is 167 Å². The fourth-order valence-electron chi connectivity index (χ4n) is 9.26. The summed E-state index contributed by atoms with van der Waals surface area (Å²) < 4.78 is 0. The van der Waals surface area contributed by atoms with Crippen LogP contribution in [0.5, 0.6) is 0 Å². The van der Waals surface area contributed by atoms with Crippen molar-refractivity contribution in [3.63, 3.8) is 0 Å². The molecule has 2 nitrogen and oxygen atoms in total. The number of nitrogens with zero attached hydrogens (tertiary/aromatic N) is 2. The van der Waals surface area contributed by atoms with E-state index in [0.717, 1.165) is 34.1 Å². The molecule has 0 radical (unpaired) electrons. The largest absolute Gasteiger partial charge is 0.310 e. The fraction of sp³-hybridized carbons (Fsp3) is 0.133. The third-order valence-corrected chi connectivity index (χ3v) is 17.1. The summed E-state index contributed by atoms with van der Waals surface area (Å²) in [5.41, 5.74) is 24.7. The third-order valence-electron chi connectivity index (χ3n) is 12.9. The summed E-state index contributed by atoms with van der Waals surface area (Å²) in [5.74, 6) is 0. The zero-order valence-corrected chi connectivity index (χ0v) is 42.0. The number of anilines is 6. The second-order valence-corrected chi connectivity index (χ2v) is 21.2. The van der Waals surface area contributed by atoms with Gasteiger partial charge < -0.3 is 9.80 Å². The van der Waals surface area contributed by atoms with Crippen molar-refractivity contribution in [3.05, 3.63) is 212 Å². The number of thiophene rings is 4. The van der Waals surface area contributed by atoms with Gasteiger partial charge in [-0.3, -0.25) is 0 Å². The molecule has 10 aromatic rings. The first-order valence-electron chi connectivity index (χ1n) is 22.4. The van der Waals surface area contributed by atoms with Crippen LogP contribution in [0.2, 0.25) is 0 Å². The lowest BCUT2D eigenvalue weighted by atomic mass is 10.00. The Bertz CT molecular complexity index is 2950. The lowest BCUT2D eigenvalue weighted by Gasteiger charge is -2.28. The lowest BCUT2D eigenvalue weighted by Crippen LogP contribution is -2.11. The van der Waals surface area contributed by atoms with Crippen LogP contribution in [0.1, 0.15) is 44.5 Å². The van der Waals surface area contributed by atoms with Crippen LogP contribution in [0.4, 0.5) is 34.1 Å². The fourth-order valence-corrected chi connectivity index (χ4v) is 13.3. The maximum atomic E-state index is 2.40. The van der Waals surface area contributed by atoms with Gasteiger partial charge in [0.25, 0.3) is 0 Å². The minimum atomic E-state index is 1.12. The highest BCUT2D eigenvalue weighted by Crippen LogP contribution is 2.44. The van der Waals surface area contributed by atoms with Gasteiger partial charge >= 0.3 is 0 Å². The highest BCUT2D eigenvalue weighted by Gasteiger charge is 2.20. The SMILES string of the molecule is Cc1cc(N(c2ccc(-c3ccc(N(c4ccc(-c5sccc5C)c(C)c4)c4ccc(-c5sccc5C)c(C)c4)cc3)cc2)c2ccc(-c3sccc3C)c(C)c2)ccc1-c1sccc1C. The van der Waals surface area contributed by atoms with Gasteiger partial charge in [-0.05, 0) is 252 Å². The van der Waals surface area contributed by atoms with Crippen molar-refractivity contribution in [3.8, 4) is 52.9 Å². The zero-order valence-electron chi connectivity index (χ0n) is 38.7. The Kier molecular flexibility index (Phi) is 12.0. The molecule has 0 unspecified atom stereocenters. The van der Waals surface area contributed by atoms with Crippen LogP contribution in [0.3, 0.4) is 0 Å². The minimum Gasteiger partial charge on any atom is -0.310 e. The Hall–Kier alpha value is -6.28. The average molecular weight is 929 g/mol. The van der Waals surface area contributed by atoms with Crippen molar-refractivity contribution in [2.24, 2.45) is 0 Å². The molecule has 4 aromatic heterocycles. The van der Waals surface area contributed by atoms with E-state index in [0.29, 0.717) is 0 Å². The van der Waals surface area contributed by atoms with Gasteiger partial charge in [0.15, 0.2) is 0 Å². The molecular formula is C60H52N2S4. The van der Waals surface area contributed by atoms with Crippen LogP contribution in [-0.4, -0.2) is 0 Å². The number of hydrogen-bond donors (Lipinski definition) is 0. The van der Waals surface area contributed by atoms with Crippen molar-refractivity contribution in [1.29, 1.82) is 0 Å². The van der Waals surface area contributed by atoms with Crippen LogP contribution in [0.25, 0.3) is 52.9 Å². The second-order valence-electron chi connectivity index (χ2n) is 17.5. The molecule has 0 N–H and O–H groups in total. The lowest BCUT2D eigenvalue weighted by molar-refractivity contribution is 1.26. The van der Waals surface area contributed by atoms with Gasteiger partial charge in [0, 0.05) is 53.6 Å². The van der Waals surface area contributed by atoms with Gasteiger partial charge in [0.2, 0.25) is 0 Å². The highest BCUT2D eigenvalue weighted by molar-refractivity contribution is 7.14. The zero-order chi connectivity index (χ0) is 45.6. The second kappa shape index (κ2) is 18.2. The van der Waals surface area contributed by atoms with Crippen LogP contribution in [0, 0.1) is 55.4 Å². The Morgan fingerprint density at radius 3 is 0.667 bits per heavy atom. The summed E-state index contributed by atoms with van der Waals surface area (Å²) >= 11 is 7.25. The average Bonchev–Trinajstić information content (AvgIpc) is 4.14. The standard InChI is InChI=1S/C60H52N2S4/c1-37-25-29-63-57(37)53-21-17-49(33-41(53)5)61(50-18-22-54(42(6)34-50)58-38(2)26-30-64-58)47-13-9-45(10-14-47)46-11-15-48(16-12-46)62(51-19-23-55(43(7)35-51)59-39(3)27-31-65-59)52-20-24-56(44(8)36-52)60-40(4)28-32-66-60/h9-36H,1-8H3. The summed E-state index contributed by atoms with van der Waals surface area (Å²) in [6.07, 6.45) is 0. The summed E-state index contributed by atoms with van der Waals surface area (Å²) in [6.45, 7) is 17.8. The van der Waals surface area contributed by atoms with Crippen molar-refractivity contribution < 1.29 is 0 Å². The molecule has 0 atom stereocenters. The maximum absolute atomic E-state index is 2.40. The number of rotatable bonds is 11. The topological polar surface area (TPSA) is 6.48 Å². The van der Waals surface area contributed by atoms with E-state index < -0.39 is 0 Å². The molecule has 0 aliphatic carbocycles. The third kappa shape index (κ3) is 8.28. The van der Waals surface area contributed by atoms with E-state index >= 15 is 0 Å². The molecule has 0 saturated heterocycles. The first-order chi connectivity index (χ1) is 32.0. The van der Waals surface area contributed by atoms with Gasteiger partial charge in [0.05, 0.1) is 0 Å². The smallest absolute Gasteiger partial charge is 0.0464 e. The van der Waals surface area contributed by atoms with Crippen molar-refractivity contribution in [2.45, 2.75) is 55.4 Å². The van der Waals surface area contributed by atoms with Gasteiger partial charge in [-0.25, -0.2) is 0 Å². The van der Waals surface area contributed by atoms with Gasteiger partial charge in [-0.15, -0.1) is 45.3 Å². The Labute approximate surface area is 406 Å². The van der Waals surface area contributed by atoms with E-state index in [1.54, 1.807) is 0 Å². The molecule has 6 aromatic carbocycles. The molecule has 0 spiro atoms. The highest BCUT2D eigenvalue weighted by atomic mass is 32.1. The van der Waals surface area contributed by atoms with Crippen molar-refractivity contribution >= 4 is 79.5 Å². The summed E-state index contributed by atoms with van der Waals surface area (Å²) in [7, 11) is 0. The first-order valence-corrected chi connectivity index (χ1v) is 26.0. The molecular weight excluding hydrogens is 877 g/mol. The molecule has 66 heavy (non-hydrogen) atoms. The number of benzene rings is 6. The summed E-state index contributed by atoms with van der Waals surface area (Å²) in [5, 5.41) is 8.75. The van der Waals surface area contributed by atoms with E-state index in [1.807, 2.05) is 45.3 Å². The molecule has 0 bridgehead atoms. The van der Waals surface area contributed by atoms with E-state index in [9.17, 15) is 0 Å². The van der Waals surface area contributed by atoms with Gasteiger partial charge in [0.1, 0.15) is 0 Å². The molecule has 6 heteroatoms. The Morgan fingerprint density at radius 2 is 0.470 bits per heavy atom. The summed E-state index contributed by atoms with van der Waals surface area (Å²) in [4.78, 5) is 10.2. The predicted molar refractivity (Wildman–Crippen MR) is 292 cm³/mol.